The highest BCUT2D eigenvalue weighted by Crippen LogP contribution is 1.90. The SMILES string of the molecule is CCCN(CC)CCOC(C)=O. The topological polar surface area (TPSA) is 29.5 Å². The fourth-order valence-electron chi connectivity index (χ4n) is 1.06. The number of rotatable bonds is 6. The summed E-state index contributed by atoms with van der Waals surface area (Å²) in [5.74, 6) is -0.192. The molecule has 0 unspecified atom stereocenters. The van der Waals surface area contributed by atoms with Crippen molar-refractivity contribution in [2.75, 3.05) is 26.2 Å². The van der Waals surface area contributed by atoms with Crippen LogP contribution in [0, 0.1) is 0 Å². The Hall–Kier alpha value is -0.570. The second-order valence-corrected chi connectivity index (χ2v) is 2.77. The van der Waals surface area contributed by atoms with Gasteiger partial charge in [0.05, 0.1) is 0 Å². The van der Waals surface area contributed by atoms with Crippen molar-refractivity contribution in [1.29, 1.82) is 0 Å². The molecular formula is C9H19NO2. The van der Waals surface area contributed by atoms with Crippen molar-refractivity contribution in [3.05, 3.63) is 0 Å². The standard InChI is InChI=1S/C9H19NO2/c1-4-6-10(5-2)7-8-12-9(3)11/h4-8H2,1-3H3. The van der Waals surface area contributed by atoms with Gasteiger partial charge in [0.25, 0.3) is 0 Å². The quantitative estimate of drug-likeness (QED) is 0.567. The third kappa shape index (κ3) is 6.16. The van der Waals surface area contributed by atoms with Crippen molar-refractivity contribution in [3.8, 4) is 0 Å². The molecule has 0 atom stereocenters. The van der Waals surface area contributed by atoms with Crippen molar-refractivity contribution < 1.29 is 9.53 Å². The van der Waals surface area contributed by atoms with Crippen LogP contribution in [-0.4, -0.2) is 37.1 Å². The zero-order chi connectivity index (χ0) is 9.40. The van der Waals surface area contributed by atoms with E-state index in [-0.39, 0.29) is 5.97 Å². The largest absolute Gasteiger partial charge is 0.465 e. The van der Waals surface area contributed by atoms with Crippen molar-refractivity contribution >= 4 is 5.97 Å². The van der Waals surface area contributed by atoms with Gasteiger partial charge in [-0.25, -0.2) is 0 Å². The Labute approximate surface area is 74.7 Å². The number of hydrogen-bond donors (Lipinski definition) is 0. The van der Waals surface area contributed by atoms with Gasteiger partial charge in [-0.05, 0) is 19.5 Å². The van der Waals surface area contributed by atoms with Crippen LogP contribution < -0.4 is 0 Å². The minimum atomic E-state index is -0.192. The molecule has 0 heterocycles. The Kier molecular flexibility index (Phi) is 6.76. The first-order chi connectivity index (χ1) is 5.70. The Morgan fingerprint density at radius 1 is 1.33 bits per heavy atom. The molecule has 0 bridgehead atoms. The van der Waals surface area contributed by atoms with Gasteiger partial charge in [-0.3, -0.25) is 4.79 Å². The van der Waals surface area contributed by atoms with E-state index in [0.29, 0.717) is 6.61 Å². The van der Waals surface area contributed by atoms with Gasteiger partial charge >= 0.3 is 5.97 Å². The van der Waals surface area contributed by atoms with Gasteiger partial charge in [0.15, 0.2) is 0 Å². The molecular weight excluding hydrogens is 154 g/mol. The molecule has 0 saturated carbocycles. The molecule has 0 aliphatic rings. The first-order valence-corrected chi connectivity index (χ1v) is 4.56. The summed E-state index contributed by atoms with van der Waals surface area (Å²) in [4.78, 5) is 12.7. The van der Waals surface area contributed by atoms with Gasteiger partial charge in [-0.2, -0.15) is 0 Å². The van der Waals surface area contributed by atoms with Crippen molar-refractivity contribution in [3.63, 3.8) is 0 Å². The Morgan fingerprint density at radius 2 is 2.00 bits per heavy atom. The molecule has 0 spiro atoms. The molecule has 72 valence electrons. The van der Waals surface area contributed by atoms with E-state index in [1.165, 1.54) is 6.92 Å². The molecule has 12 heavy (non-hydrogen) atoms. The normalized spacial score (nSPS) is 10.3. The summed E-state index contributed by atoms with van der Waals surface area (Å²) in [6.45, 7) is 9.17. The second-order valence-electron chi connectivity index (χ2n) is 2.77. The minimum Gasteiger partial charge on any atom is -0.465 e. The number of likely N-dealkylation sites (N-methyl/N-ethyl adjacent to an activating group) is 1. The maximum atomic E-state index is 10.4. The molecule has 0 aliphatic carbocycles. The summed E-state index contributed by atoms with van der Waals surface area (Å²) in [7, 11) is 0. The third-order valence-corrected chi connectivity index (χ3v) is 1.70. The number of esters is 1. The van der Waals surface area contributed by atoms with Crippen LogP contribution in [0.2, 0.25) is 0 Å². The fourth-order valence-corrected chi connectivity index (χ4v) is 1.06. The van der Waals surface area contributed by atoms with Crippen molar-refractivity contribution in [1.82, 2.24) is 4.90 Å². The van der Waals surface area contributed by atoms with Gasteiger partial charge in [-0.15, -0.1) is 0 Å². The highest BCUT2D eigenvalue weighted by molar-refractivity contribution is 5.65. The lowest BCUT2D eigenvalue weighted by Gasteiger charge is -2.18. The second kappa shape index (κ2) is 7.10. The molecule has 0 saturated heterocycles. The van der Waals surface area contributed by atoms with Gasteiger partial charge in [0.2, 0.25) is 0 Å². The van der Waals surface area contributed by atoms with Crippen LogP contribution in [0.3, 0.4) is 0 Å². The summed E-state index contributed by atoms with van der Waals surface area (Å²) in [6, 6.07) is 0. The van der Waals surface area contributed by atoms with Crippen molar-refractivity contribution in [2.24, 2.45) is 0 Å². The maximum absolute atomic E-state index is 10.4. The van der Waals surface area contributed by atoms with Crippen LogP contribution in [0.15, 0.2) is 0 Å². The fraction of sp³-hybridized carbons (Fsp3) is 0.889. The smallest absolute Gasteiger partial charge is 0.302 e. The van der Waals surface area contributed by atoms with E-state index < -0.39 is 0 Å². The Balaban J connectivity index is 3.37. The number of carbonyl (C=O) groups excluding carboxylic acids is 1. The van der Waals surface area contributed by atoms with Crippen LogP contribution in [0.4, 0.5) is 0 Å². The molecule has 0 radical (unpaired) electrons. The minimum absolute atomic E-state index is 0.192. The van der Waals surface area contributed by atoms with Crippen molar-refractivity contribution in [2.45, 2.75) is 27.2 Å². The van der Waals surface area contributed by atoms with Crippen LogP contribution in [0.25, 0.3) is 0 Å². The predicted molar refractivity (Wildman–Crippen MR) is 49.0 cm³/mol. The summed E-state index contributed by atoms with van der Waals surface area (Å²) >= 11 is 0. The molecule has 0 aromatic rings. The van der Waals surface area contributed by atoms with Gasteiger partial charge in [0.1, 0.15) is 6.61 Å². The number of ether oxygens (including phenoxy) is 1. The molecule has 0 fully saturated rings. The van der Waals surface area contributed by atoms with Crippen LogP contribution in [0.5, 0.6) is 0 Å². The molecule has 0 amide bonds. The van der Waals surface area contributed by atoms with E-state index in [2.05, 4.69) is 18.7 Å². The van der Waals surface area contributed by atoms with E-state index in [9.17, 15) is 4.79 Å². The summed E-state index contributed by atoms with van der Waals surface area (Å²) in [6.07, 6.45) is 1.15. The van der Waals surface area contributed by atoms with Gasteiger partial charge in [-0.1, -0.05) is 13.8 Å². The predicted octanol–water partition coefficient (Wildman–Crippen LogP) is 1.28. The summed E-state index contributed by atoms with van der Waals surface area (Å²) in [5, 5.41) is 0. The zero-order valence-electron chi connectivity index (χ0n) is 8.30. The van der Waals surface area contributed by atoms with E-state index in [0.717, 1.165) is 26.1 Å². The van der Waals surface area contributed by atoms with Gasteiger partial charge < -0.3 is 9.64 Å². The number of nitrogens with zero attached hydrogens (tertiary/aromatic N) is 1. The van der Waals surface area contributed by atoms with Crippen LogP contribution in [-0.2, 0) is 9.53 Å². The summed E-state index contributed by atoms with van der Waals surface area (Å²) < 4.78 is 4.84. The lowest BCUT2D eigenvalue weighted by molar-refractivity contribution is -0.141. The van der Waals surface area contributed by atoms with Crippen LogP contribution in [0.1, 0.15) is 27.2 Å². The Bertz CT molecular complexity index is 126. The number of carbonyl (C=O) groups is 1. The lowest BCUT2D eigenvalue weighted by Crippen LogP contribution is -2.28. The van der Waals surface area contributed by atoms with Gasteiger partial charge in [0, 0.05) is 13.5 Å². The third-order valence-electron chi connectivity index (χ3n) is 1.70. The monoisotopic (exact) mass is 173 g/mol. The highest BCUT2D eigenvalue weighted by Gasteiger charge is 2.00. The molecule has 3 heteroatoms. The maximum Gasteiger partial charge on any atom is 0.302 e. The van der Waals surface area contributed by atoms with Crippen LogP contribution >= 0.6 is 0 Å². The zero-order valence-corrected chi connectivity index (χ0v) is 8.30. The average molecular weight is 173 g/mol. The molecule has 0 rings (SSSR count). The molecule has 0 aromatic carbocycles. The molecule has 0 N–H and O–H groups in total. The van der Waals surface area contributed by atoms with E-state index in [1.807, 2.05) is 0 Å². The van der Waals surface area contributed by atoms with E-state index >= 15 is 0 Å². The lowest BCUT2D eigenvalue weighted by atomic mass is 10.4. The summed E-state index contributed by atoms with van der Waals surface area (Å²) in [5.41, 5.74) is 0. The number of hydrogen-bond acceptors (Lipinski definition) is 3. The Morgan fingerprint density at radius 3 is 2.42 bits per heavy atom. The highest BCUT2D eigenvalue weighted by atomic mass is 16.5. The van der Waals surface area contributed by atoms with E-state index in [4.69, 9.17) is 4.74 Å². The first-order valence-electron chi connectivity index (χ1n) is 4.56. The average Bonchev–Trinajstić information content (AvgIpc) is 2.02. The first kappa shape index (κ1) is 11.4. The molecule has 3 nitrogen and oxygen atoms in total. The van der Waals surface area contributed by atoms with E-state index in [1.54, 1.807) is 0 Å². The molecule has 0 aromatic heterocycles. The molecule has 0 aliphatic heterocycles.